The van der Waals surface area contributed by atoms with Gasteiger partial charge in [0.2, 0.25) is 0 Å². The lowest BCUT2D eigenvalue weighted by Crippen LogP contribution is -2.44. The Morgan fingerprint density at radius 3 is 2.47 bits per heavy atom. The van der Waals surface area contributed by atoms with Crippen molar-refractivity contribution in [3.8, 4) is 0 Å². The van der Waals surface area contributed by atoms with Crippen LogP contribution in [0.25, 0.3) is 21.8 Å². The van der Waals surface area contributed by atoms with Gasteiger partial charge in [0.05, 0.1) is 15.9 Å². The molecule has 6 nitrogen and oxygen atoms in total. The van der Waals surface area contributed by atoms with Crippen molar-refractivity contribution in [3.05, 3.63) is 66.6 Å². The number of aromatic nitrogens is 2. The lowest BCUT2D eigenvalue weighted by molar-refractivity contribution is 0.312. The number of anilines is 1. The van der Waals surface area contributed by atoms with Gasteiger partial charge in [0.15, 0.2) is 0 Å². The van der Waals surface area contributed by atoms with Gasteiger partial charge >= 0.3 is 0 Å². The van der Waals surface area contributed by atoms with Gasteiger partial charge in [-0.2, -0.15) is 0 Å². The molecule has 2 aromatic heterocycles. The van der Waals surface area contributed by atoms with Crippen LogP contribution < -0.4 is 4.90 Å². The van der Waals surface area contributed by atoms with Gasteiger partial charge in [-0.05, 0) is 37.4 Å². The van der Waals surface area contributed by atoms with Crippen molar-refractivity contribution in [1.82, 2.24) is 13.9 Å². The molecule has 0 unspecified atom stereocenters. The zero-order valence-electron chi connectivity index (χ0n) is 16.5. The Balaban J connectivity index is 1.77. The number of likely N-dealkylation sites (N-methyl/N-ethyl adjacent to an activating group) is 1. The second kappa shape index (κ2) is 7.07. The summed E-state index contributed by atoms with van der Waals surface area (Å²) in [5, 5.41) is 1.52. The standard InChI is InChI=1S/C22H21FN4O2S/c1-25-11-13-26(14-12-25)22-19-9-10-27(21(19)18-7-2-3-8-20(18)24-22)30(28,29)17-6-4-5-16(23)15-17/h2-10,15H,11-14H2,1H3. The third-order valence-electron chi connectivity index (χ3n) is 5.63. The molecular formula is C22H21FN4O2S. The smallest absolute Gasteiger partial charge is 0.268 e. The summed E-state index contributed by atoms with van der Waals surface area (Å²) < 4.78 is 41.8. The van der Waals surface area contributed by atoms with E-state index in [2.05, 4.69) is 16.8 Å². The normalized spacial score (nSPS) is 15.9. The van der Waals surface area contributed by atoms with E-state index < -0.39 is 15.8 Å². The topological polar surface area (TPSA) is 58.4 Å². The SMILES string of the molecule is CN1CCN(c2nc3ccccc3c3c2ccn3S(=O)(=O)c2cccc(F)c2)CC1. The summed E-state index contributed by atoms with van der Waals surface area (Å²) in [6.45, 7) is 3.47. The Morgan fingerprint density at radius 1 is 0.933 bits per heavy atom. The lowest BCUT2D eigenvalue weighted by Gasteiger charge is -2.33. The van der Waals surface area contributed by atoms with Crippen LogP contribution in [0.4, 0.5) is 10.2 Å². The lowest BCUT2D eigenvalue weighted by atomic mass is 10.1. The summed E-state index contributed by atoms with van der Waals surface area (Å²) in [6, 6.07) is 14.4. The molecule has 0 spiro atoms. The fraction of sp³-hybridized carbons (Fsp3) is 0.227. The molecule has 4 aromatic rings. The second-order valence-corrected chi connectivity index (χ2v) is 9.39. The first-order valence-corrected chi connectivity index (χ1v) is 11.2. The number of para-hydroxylation sites is 1. The number of benzene rings is 2. The van der Waals surface area contributed by atoms with Crippen LogP contribution in [0.1, 0.15) is 0 Å². The molecule has 1 aliphatic heterocycles. The molecule has 1 saturated heterocycles. The minimum atomic E-state index is -3.97. The molecule has 0 atom stereocenters. The van der Waals surface area contributed by atoms with E-state index >= 15 is 0 Å². The van der Waals surface area contributed by atoms with Gasteiger partial charge < -0.3 is 9.80 Å². The molecule has 30 heavy (non-hydrogen) atoms. The minimum absolute atomic E-state index is 0.0814. The van der Waals surface area contributed by atoms with Crippen LogP contribution in [0.3, 0.4) is 0 Å². The Morgan fingerprint density at radius 2 is 1.70 bits per heavy atom. The maximum Gasteiger partial charge on any atom is 0.268 e. The Hall–Kier alpha value is -2.97. The van der Waals surface area contributed by atoms with Gasteiger partial charge in [0.25, 0.3) is 10.0 Å². The van der Waals surface area contributed by atoms with Crippen LogP contribution in [0, 0.1) is 5.82 Å². The number of pyridine rings is 1. The molecule has 0 bridgehead atoms. The first-order chi connectivity index (χ1) is 14.4. The van der Waals surface area contributed by atoms with Gasteiger partial charge in [0.1, 0.15) is 11.6 Å². The zero-order valence-corrected chi connectivity index (χ0v) is 17.3. The van der Waals surface area contributed by atoms with Gasteiger partial charge in [-0.1, -0.05) is 24.3 Å². The van der Waals surface area contributed by atoms with Crippen molar-refractivity contribution in [3.63, 3.8) is 0 Å². The van der Waals surface area contributed by atoms with Gasteiger partial charge in [-0.3, -0.25) is 0 Å². The zero-order chi connectivity index (χ0) is 20.9. The van der Waals surface area contributed by atoms with Crippen molar-refractivity contribution in [1.29, 1.82) is 0 Å². The number of piperazine rings is 1. The third kappa shape index (κ3) is 3.03. The summed E-state index contributed by atoms with van der Waals surface area (Å²) in [6.07, 6.45) is 1.54. The monoisotopic (exact) mass is 424 g/mol. The average Bonchev–Trinajstić information content (AvgIpc) is 3.20. The highest BCUT2D eigenvalue weighted by Gasteiger charge is 2.25. The predicted octanol–water partition coefficient (Wildman–Crippen LogP) is 3.32. The van der Waals surface area contributed by atoms with E-state index in [1.807, 2.05) is 24.3 Å². The number of fused-ring (bicyclic) bond motifs is 3. The van der Waals surface area contributed by atoms with E-state index in [1.54, 1.807) is 12.3 Å². The van der Waals surface area contributed by atoms with E-state index in [9.17, 15) is 12.8 Å². The molecule has 0 N–H and O–H groups in total. The van der Waals surface area contributed by atoms with E-state index in [-0.39, 0.29) is 4.90 Å². The van der Waals surface area contributed by atoms with Gasteiger partial charge in [-0.25, -0.2) is 21.8 Å². The quantitative estimate of drug-likeness (QED) is 0.505. The number of nitrogens with zero attached hydrogens (tertiary/aromatic N) is 4. The Labute approximate surface area is 174 Å². The molecule has 1 aliphatic rings. The van der Waals surface area contributed by atoms with Crippen LogP contribution >= 0.6 is 0 Å². The molecule has 154 valence electrons. The number of rotatable bonds is 3. The van der Waals surface area contributed by atoms with Crippen molar-refractivity contribution in [2.45, 2.75) is 4.90 Å². The first kappa shape index (κ1) is 19.0. The molecule has 0 saturated carbocycles. The molecule has 0 radical (unpaired) electrons. The Kier molecular flexibility index (Phi) is 4.48. The summed E-state index contributed by atoms with van der Waals surface area (Å²) in [5.41, 5.74) is 1.30. The van der Waals surface area contributed by atoms with Gasteiger partial charge in [-0.15, -0.1) is 0 Å². The van der Waals surface area contributed by atoms with Crippen molar-refractivity contribution in [2.24, 2.45) is 0 Å². The summed E-state index contributed by atoms with van der Waals surface area (Å²) in [7, 11) is -1.88. The summed E-state index contributed by atoms with van der Waals surface area (Å²) >= 11 is 0. The molecule has 0 amide bonds. The largest absolute Gasteiger partial charge is 0.353 e. The van der Waals surface area contributed by atoms with Gasteiger partial charge in [0, 0.05) is 43.1 Å². The van der Waals surface area contributed by atoms with Crippen molar-refractivity contribution in [2.75, 3.05) is 38.1 Å². The van der Waals surface area contributed by atoms with E-state index in [1.165, 1.54) is 22.2 Å². The average molecular weight is 425 g/mol. The number of hydrogen-bond donors (Lipinski definition) is 0. The van der Waals surface area contributed by atoms with E-state index in [4.69, 9.17) is 4.98 Å². The summed E-state index contributed by atoms with van der Waals surface area (Å²) in [4.78, 5) is 9.25. The van der Waals surface area contributed by atoms with Crippen molar-refractivity contribution >= 4 is 37.6 Å². The molecule has 0 aliphatic carbocycles. The molecule has 8 heteroatoms. The fourth-order valence-corrected chi connectivity index (χ4v) is 5.40. The van der Waals surface area contributed by atoms with E-state index in [0.29, 0.717) is 5.52 Å². The van der Waals surface area contributed by atoms with Crippen LogP contribution in [0.5, 0.6) is 0 Å². The first-order valence-electron chi connectivity index (χ1n) is 9.79. The van der Waals surface area contributed by atoms with Crippen LogP contribution in [-0.4, -0.2) is 55.5 Å². The molecular weight excluding hydrogens is 403 g/mol. The highest BCUT2D eigenvalue weighted by Crippen LogP contribution is 2.34. The maximum atomic E-state index is 13.8. The maximum absolute atomic E-state index is 13.8. The molecule has 1 fully saturated rings. The second-order valence-electron chi connectivity index (χ2n) is 7.58. The highest BCUT2D eigenvalue weighted by molar-refractivity contribution is 7.90. The minimum Gasteiger partial charge on any atom is -0.353 e. The van der Waals surface area contributed by atoms with Crippen LogP contribution in [-0.2, 0) is 10.0 Å². The van der Waals surface area contributed by atoms with Crippen LogP contribution in [0.2, 0.25) is 0 Å². The summed E-state index contributed by atoms with van der Waals surface area (Å²) in [5.74, 6) is 0.196. The number of halogens is 1. The highest BCUT2D eigenvalue weighted by atomic mass is 32.2. The van der Waals surface area contributed by atoms with Crippen molar-refractivity contribution < 1.29 is 12.8 Å². The molecule has 5 rings (SSSR count). The number of hydrogen-bond acceptors (Lipinski definition) is 5. The van der Waals surface area contributed by atoms with E-state index in [0.717, 1.165) is 54.4 Å². The molecule has 3 heterocycles. The fourth-order valence-electron chi connectivity index (χ4n) is 4.00. The predicted molar refractivity (Wildman–Crippen MR) is 116 cm³/mol. The third-order valence-corrected chi connectivity index (χ3v) is 7.31. The Bertz CT molecular complexity index is 1360. The van der Waals surface area contributed by atoms with Crippen LogP contribution in [0.15, 0.2) is 65.7 Å². The molecule has 2 aromatic carbocycles.